The number of rotatable bonds is 6. The summed E-state index contributed by atoms with van der Waals surface area (Å²) in [7, 11) is 0. The van der Waals surface area contributed by atoms with Gasteiger partial charge in [0.2, 0.25) is 0 Å². The van der Waals surface area contributed by atoms with Crippen molar-refractivity contribution in [3.05, 3.63) is 70.8 Å². The van der Waals surface area contributed by atoms with Crippen LogP contribution in [0.3, 0.4) is 0 Å². The first-order chi connectivity index (χ1) is 16.0. The van der Waals surface area contributed by atoms with Crippen LogP contribution in [0.15, 0.2) is 48.5 Å². The Balaban J connectivity index is 1.58. The van der Waals surface area contributed by atoms with Gasteiger partial charge in [0.1, 0.15) is 6.04 Å². The standard InChI is InChI=1S/C25H30N4O4/c1-18(26)23(25(31)28-32)27-24(30)22-11-9-20(10-12-22)4-3-19-5-7-21(8-6-19)17-29-13-2-15-33-16-14-29/h5-12,18,23,32H,2,13-17,26H2,1H3,(H,27,30)(H,28,31)/t18-,23?/m1/s1. The van der Waals surface area contributed by atoms with Crippen molar-refractivity contribution in [2.24, 2.45) is 5.73 Å². The zero-order valence-electron chi connectivity index (χ0n) is 18.7. The molecule has 1 saturated heterocycles. The second kappa shape index (κ2) is 12.1. The topological polar surface area (TPSA) is 117 Å². The molecule has 1 heterocycles. The van der Waals surface area contributed by atoms with E-state index >= 15 is 0 Å². The van der Waals surface area contributed by atoms with Crippen molar-refractivity contribution >= 4 is 11.8 Å². The van der Waals surface area contributed by atoms with Crippen LogP contribution in [0.2, 0.25) is 0 Å². The van der Waals surface area contributed by atoms with Crippen LogP contribution in [0.5, 0.6) is 0 Å². The van der Waals surface area contributed by atoms with E-state index in [0.717, 1.165) is 50.4 Å². The molecule has 1 aliphatic rings. The molecule has 8 heteroatoms. The van der Waals surface area contributed by atoms with Gasteiger partial charge in [-0.1, -0.05) is 24.0 Å². The van der Waals surface area contributed by atoms with Crippen molar-refractivity contribution in [3.63, 3.8) is 0 Å². The Morgan fingerprint density at radius 3 is 2.30 bits per heavy atom. The van der Waals surface area contributed by atoms with Gasteiger partial charge in [-0.25, -0.2) is 5.48 Å². The number of hydrogen-bond acceptors (Lipinski definition) is 6. The van der Waals surface area contributed by atoms with E-state index in [9.17, 15) is 9.59 Å². The molecule has 0 saturated carbocycles. The molecule has 1 fully saturated rings. The van der Waals surface area contributed by atoms with Gasteiger partial charge in [0.15, 0.2) is 0 Å². The molecule has 8 nitrogen and oxygen atoms in total. The minimum Gasteiger partial charge on any atom is -0.380 e. The minimum atomic E-state index is -1.04. The summed E-state index contributed by atoms with van der Waals surface area (Å²) in [5, 5.41) is 11.3. The Morgan fingerprint density at radius 2 is 1.70 bits per heavy atom. The average Bonchev–Trinajstić information content (AvgIpc) is 3.10. The lowest BCUT2D eigenvalue weighted by Gasteiger charge is -2.20. The van der Waals surface area contributed by atoms with Gasteiger partial charge >= 0.3 is 0 Å². The predicted molar refractivity (Wildman–Crippen MR) is 124 cm³/mol. The van der Waals surface area contributed by atoms with E-state index in [0.29, 0.717) is 5.56 Å². The molecular weight excluding hydrogens is 420 g/mol. The number of carbonyl (C=O) groups is 2. The van der Waals surface area contributed by atoms with Gasteiger partial charge in [-0.05, 0) is 55.3 Å². The van der Waals surface area contributed by atoms with E-state index in [4.69, 9.17) is 15.7 Å². The third kappa shape index (κ3) is 7.41. The van der Waals surface area contributed by atoms with Crippen molar-refractivity contribution in [2.45, 2.75) is 32.0 Å². The van der Waals surface area contributed by atoms with Crippen molar-refractivity contribution in [1.29, 1.82) is 0 Å². The van der Waals surface area contributed by atoms with Crippen LogP contribution in [0, 0.1) is 11.8 Å². The maximum Gasteiger partial charge on any atom is 0.267 e. The van der Waals surface area contributed by atoms with Gasteiger partial charge in [0.05, 0.1) is 6.61 Å². The summed E-state index contributed by atoms with van der Waals surface area (Å²) >= 11 is 0. The highest BCUT2D eigenvalue weighted by molar-refractivity contribution is 5.97. The molecule has 0 aromatic heterocycles. The molecule has 2 aromatic rings. The molecule has 5 N–H and O–H groups in total. The van der Waals surface area contributed by atoms with Crippen LogP contribution in [-0.4, -0.2) is 60.3 Å². The van der Waals surface area contributed by atoms with Gasteiger partial charge in [-0.3, -0.25) is 19.7 Å². The number of hydrogen-bond donors (Lipinski definition) is 4. The highest BCUT2D eigenvalue weighted by Gasteiger charge is 2.24. The smallest absolute Gasteiger partial charge is 0.267 e. The molecule has 2 amide bonds. The number of amides is 2. The van der Waals surface area contributed by atoms with Crippen LogP contribution in [0.4, 0.5) is 0 Å². The van der Waals surface area contributed by atoms with Crippen LogP contribution < -0.4 is 16.5 Å². The molecule has 2 atom stereocenters. The number of nitrogens with one attached hydrogen (secondary N) is 2. The summed E-state index contributed by atoms with van der Waals surface area (Å²) < 4.78 is 5.50. The summed E-state index contributed by atoms with van der Waals surface area (Å²) in [5.74, 6) is 5.00. The van der Waals surface area contributed by atoms with Gasteiger partial charge in [-0.2, -0.15) is 0 Å². The molecule has 1 unspecified atom stereocenters. The van der Waals surface area contributed by atoms with E-state index < -0.39 is 23.9 Å². The molecular formula is C25H30N4O4. The molecule has 0 radical (unpaired) electrons. The monoisotopic (exact) mass is 450 g/mol. The molecule has 0 bridgehead atoms. The lowest BCUT2D eigenvalue weighted by atomic mass is 10.1. The van der Waals surface area contributed by atoms with Crippen LogP contribution in [0.1, 0.15) is 40.4 Å². The number of hydroxylamine groups is 1. The SMILES string of the molecule is C[C@@H](N)C(NC(=O)c1ccc(C#Cc2ccc(CN3CCCOCC3)cc2)cc1)C(=O)NO. The molecule has 0 aliphatic carbocycles. The van der Waals surface area contributed by atoms with E-state index in [1.807, 2.05) is 12.1 Å². The fourth-order valence-electron chi connectivity index (χ4n) is 3.49. The summed E-state index contributed by atoms with van der Waals surface area (Å²) in [4.78, 5) is 26.4. The second-order valence-corrected chi connectivity index (χ2v) is 8.05. The third-order valence-corrected chi connectivity index (χ3v) is 5.38. The Kier molecular flexibility index (Phi) is 8.98. The van der Waals surface area contributed by atoms with Crippen LogP contribution >= 0.6 is 0 Å². The Labute approximate surface area is 194 Å². The number of carbonyl (C=O) groups excluding carboxylic acids is 2. The fourth-order valence-corrected chi connectivity index (χ4v) is 3.49. The zero-order valence-corrected chi connectivity index (χ0v) is 18.7. The minimum absolute atomic E-state index is 0.361. The maximum absolute atomic E-state index is 12.4. The second-order valence-electron chi connectivity index (χ2n) is 8.05. The van der Waals surface area contributed by atoms with E-state index in [1.54, 1.807) is 31.2 Å². The fraction of sp³-hybridized carbons (Fsp3) is 0.360. The lowest BCUT2D eigenvalue weighted by Crippen LogP contribution is -2.54. The quantitative estimate of drug-likeness (QED) is 0.299. The molecule has 1 aliphatic heterocycles. The molecule has 2 aromatic carbocycles. The maximum atomic E-state index is 12.4. The average molecular weight is 451 g/mol. The van der Waals surface area contributed by atoms with E-state index in [2.05, 4.69) is 34.2 Å². The van der Waals surface area contributed by atoms with Crippen molar-refractivity contribution in [3.8, 4) is 11.8 Å². The van der Waals surface area contributed by atoms with Gasteiger partial charge in [0.25, 0.3) is 11.8 Å². The number of nitrogens with two attached hydrogens (primary N) is 1. The van der Waals surface area contributed by atoms with E-state index in [-0.39, 0.29) is 0 Å². The lowest BCUT2D eigenvalue weighted by molar-refractivity contribution is -0.131. The van der Waals surface area contributed by atoms with Gasteiger partial charge in [-0.15, -0.1) is 0 Å². The molecule has 33 heavy (non-hydrogen) atoms. The molecule has 0 spiro atoms. The molecule has 174 valence electrons. The highest BCUT2D eigenvalue weighted by Crippen LogP contribution is 2.10. The van der Waals surface area contributed by atoms with Crippen LogP contribution in [0.25, 0.3) is 0 Å². The Hall–Kier alpha value is -3.22. The number of nitrogens with zero attached hydrogens (tertiary/aromatic N) is 1. The first kappa shape index (κ1) is 24.4. The van der Waals surface area contributed by atoms with Crippen LogP contribution in [-0.2, 0) is 16.1 Å². The summed E-state index contributed by atoms with van der Waals surface area (Å²) in [5.41, 5.74) is 10.5. The van der Waals surface area contributed by atoms with Crippen molar-refractivity contribution in [2.75, 3.05) is 26.3 Å². The highest BCUT2D eigenvalue weighted by atomic mass is 16.5. The predicted octanol–water partition coefficient (Wildman–Crippen LogP) is 1.26. The Bertz CT molecular complexity index is 986. The first-order valence-electron chi connectivity index (χ1n) is 11.0. The normalized spacial score (nSPS) is 16.0. The van der Waals surface area contributed by atoms with Crippen molar-refractivity contribution in [1.82, 2.24) is 15.7 Å². The number of benzene rings is 2. The van der Waals surface area contributed by atoms with E-state index in [1.165, 1.54) is 11.0 Å². The summed E-state index contributed by atoms with van der Waals surface area (Å²) in [6, 6.07) is 13.2. The first-order valence-corrected chi connectivity index (χ1v) is 11.0. The number of ether oxygens (including phenoxy) is 1. The van der Waals surface area contributed by atoms with Crippen molar-refractivity contribution < 1.29 is 19.5 Å². The summed E-state index contributed by atoms with van der Waals surface area (Å²) in [6.45, 7) is 6.10. The zero-order chi connectivity index (χ0) is 23.6. The largest absolute Gasteiger partial charge is 0.380 e. The Morgan fingerprint density at radius 1 is 1.06 bits per heavy atom. The third-order valence-electron chi connectivity index (χ3n) is 5.38. The van der Waals surface area contributed by atoms with Gasteiger partial charge in [0, 0.05) is 49.0 Å². The summed E-state index contributed by atoms with van der Waals surface area (Å²) in [6.07, 6.45) is 1.06. The van der Waals surface area contributed by atoms with Gasteiger partial charge < -0.3 is 15.8 Å². The molecule has 3 rings (SSSR count).